The molecule has 0 aliphatic carbocycles. The van der Waals surface area contributed by atoms with Gasteiger partial charge in [-0.05, 0) is 29.5 Å². The van der Waals surface area contributed by atoms with Gasteiger partial charge in [-0.2, -0.15) is 5.10 Å². The van der Waals surface area contributed by atoms with Crippen molar-refractivity contribution in [2.75, 3.05) is 5.43 Å². The fraction of sp³-hybridized carbons (Fsp3) is 0.364. The third-order valence-corrected chi connectivity index (χ3v) is 3.12. The lowest BCUT2D eigenvalue weighted by Crippen LogP contribution is -2.16. The van der Waals surface area contributed by atoms with Crippen LogP contribution in [0.5, 0.6) is 0 Å². The number of hydrogen-bond donors (Lipinski definition) is 2. The highest BCUT2D eigenvalue weighted by molar-refractivity contribution is 14.1. The molecule has 0 radical (unpaired) electrons. The van der Waals surface area contributed by atoms with Gasteiger partial charge in [0.05, 0.1) is 9.77 Å². The summed E-state index contributed by atoms with van der Waals surface area (Å²) in [6.45, 7) is 6.01. The Morgan fingerprint density at radius 1 is 1.39 bits per heavy atom. The molecule has 6 nitrogen and oxygen atoms in total. The van der Waals surface area contributed by atoms with E-state index >= 15 is 0 Å². The Kier molecular flexibility index (Phi) is 3.81. The predicted octanol–water partition coefficient (Wildman–Crippen LogP) is 1.98. The van der Waals surface area contributed by atoms with Gasteiger partial charge in [0.1, 0.15) is 11.6 Å². The van der Waals surface area contributed by atoms with Gasteiger partial charge in [0.25, 0.3) is 0 Å². The fourth-order valence-electron chi connectivity index (χ4n) is 1.56. The van der Waals surface area contributed by atoms with Gasteiger partial charge in [0.2, 0.25) is 0 Å². The summed E-state index contributed by atoms with van der Waals surface area (Å²) in [7, 11) is 0. The molecular formula is C11H15IN6. The zero-order valence-corrected chi connectivity index (χ0v) is 12.6. The molecule has 0 spiro atoms. The van der Waals surface area contributed by atoms with Crippen LogP contribution in [0.2, 0.25) is 0 Å². The third-order valence-electron chi connectivity index (χ3n) is 2.56. The Hall–Kier alpha value is -1.22. The summed E-state index contributed by atoms with van der Waals surface area (Å²) in [6, 6.07) is 0. The molecule has 0 aliphatic rings. The maximum atomic E-state index is 5.50. The van der Waals surface area contributed by atoms with Gasteiger partial charge in [-0.1, -0.05) is 13.8 Å². The highest BCUT2D eigenvalue weighted by atomic mass is 127. The second kappa shape index (κ2) is 5.19. The third kappa shape index (κ3) is 2.46. The van der Waals surface area contributed by atoms with Gasteiger partial charge in [-0.15, -0.1) is 0 Å². The molecule has 2 aromatic rings. The van der Waals surface area contributed by atoms with Crippen LogP contribution in [0.25, 0.3) is 5.82 Å². The standard InChI is InChI=1S/C11H15IN6/c1-6(2)9-15-10(17-13)7(3)11(16-9)18-5-8(12)4-14-18/h4-6H,13H2,1-3H3,(H,15,16,17). The monoisotopic (exact) mass is 358 g/mol. The van der Waals surface area contributed by atoms with E-state index in [1.165, 1.54) is 0 Å². The highest BCUT2D eigenvalue weighted by Crippen LogP contribution is 2.21. The first-order valence-electron chi connectivity index (χ1n) is 5.58. The lowest BCUT2D eigenvalue weighted by atomic mass is 10.2. The summed E-state index contributed by atoms with van der Waals surface area (Å²) in [4.78, 5) is 8.95. The number of nitrogens with two attached hydrogens (primary N) is 1. The topological polar surface area (TPSA) is 81.6 Å². The van der Waals surface area contributed by atoms with E-state index in [-0.39, 0.29) is 5.92 Å². The van der Waals surface area contributed by atoms with Gasteiger partial charge < -0.3 is 5.43 Å². The van der Waals surface area contributed by atoms with Crippen LogP contribution >= 0.6 is 22.6 Å². The number of aromatic nitrogens is 4. The van der Waals surface area contributed by atoms with Crippen molar-refractivity contribution < 1.29 is 0 Å². The van der Waals surface area contributed by atoms with Crippen molar-refractivity contribution in [2.24, 2.45) is 5.84 Å². The zero-order chi connectivity index (χ0) is 13.3. The molecule has 0 bridgehead atoms. The van der Waals surface area contributed by atoms with E-state index in [9.17, 15) is 0 Å². The van der Waals surface area contributed by atoms with Gasteiger partial charge >= 0.3 is 0 Å². The maximum Gasteiger partial charge on any atom is 0.162 e. The molecule has 3 N–H and O–H groups in total. The van der Waals surface area contributed by atoms with Crippen molar-refractivity contribution in [3.8, 4) is 5.82 Å². The minimum Gasteiger partial charge on any atom is -0.308 e. The van der Waals surface area contributed by atoms with E-state index in [1.54, 1.807) is 10.9 Å². The van der Waals surface area contributed by atoms with Crippen LogP contribution in [-0.4, -0.2) is 19.7 Å². The van der Waals surface area contributed by atoms with Crippen molar-refractivity contribution in [3.05, 3.63) is 27.4 Å². The van der Waals surface area contributed by atoms with E-state index in [0.717, 1.165) is 20.8 Å². The Morgan fingerprint density at radius 2 is 2.11 bits per heavy atom. The molecule has 0 unspecified atom stereocenters. The second-order valence-electron chi connectivity index (χ2n) is 4.28. The maximum absolute atomic E-state index is 5.50. The molecule has 0 aromatic carbocycles. The summed E-state index contributed by atoms with van der Waals surface area (Å²) in [6.07, 6.45) is 3.70. The summed E-state index contributed by atoms with van der Waals surface area (Å²) in [5.74, 6) is 7.86. The number of rotatable bonds is 3. The van der Waals surface area contributed by atoms with Gasteiger partial charge in [-0.25, -0.2) is 20.5 Å². The van der Waals surface area contributed by atoms with Gasteiger partial charge in [-0.3, -0.25) is 0 Å². The first-order chi connectivity index (χ1) is 8.52. The van der Waals surface area contributed by atoms with Crippen molar-refractivity contribution in [1.82, 2.24) is 19.7 Å². The van der Waals surface area contributed by atoms with Crippen LogP contribution in [0.1, 0.15) is 31.2 Å². The largest absolute Gasteiger partial charge is 0.308 e. The Bertz CT molecular complexity index is 563. The molecule has 2 heterocycles. The molecule has 0 amide bonds. The van der Waals surface area contributed by atoms with Crippen LogP contribution in [0.15, 0.2) is 12.4 Å². The number of nitrogen functional groups attached to an aromatic ring is 1. The van der Waals surface area contributed by atoms with E-state index in [0.29, 0.717) is 5.82 Å². The lowest BCUT2D eigenvalue weighted by molar-refractivity contribution is 0.741. The summed E-state index contributed by atoms with van der Waals surface area (Å²) in [5.41, 5.74) is 3.49. The van der Waals surface area contributed by atoms with E-state index in [4.69, 9.17) is 5.84 Å². The number of hydrazine groups is 1. The fourth-order valence-corrected chi connectivity index (χ4v) is 1.95. The molecule has 18 heavy (non-hydrogen) atoms. The lowest BCUT2D eigenvalue weighted by Gasteiger charge is -2.13. The predicted molar refractivity (Wildman–Crippen MR) is 78.5 cm³/mol. The van der Waals surface area contributed by atoms with Crippen LogP contribution in [-0.2, 0) is 0 Å². The smallest absolute Gasteiger partial charge is 0.162 e. The van der Waals surface area contributed by atoms with Crippen LogP contribution < -0.4 is 11.3 Å². The molecular weight excluding hydrogens is 343 g/mol. The van der Waals surface area contributed by atoms with Crippen molar-refractivity contribution >= 4 is 28.4 Å². The van der Waals surface area contributed by atoms with Crippen molar-refractivity contribution in [3.63, 3.8) is 0 Å². The first kappa shape index (κ1) is 13.2. The molecule has 2 aromatic heterocycles. The number of nitrogens with zero attached hydrogens (tertiary/aromatic N) is 4. The summed E-state index contributed by atoms with van der Waals surface area (Å²) >= 11 is 2.21. The normalized spacial score (nSPS) is 11.0. The molecule has 0 aliphatic heterocycles. The summed E-state index contributed by atoms with van der Waals surface area (Å²) in [5, 5.41) is 4.27. The van der Waals surface area contributed by atoms with E-state index in [2.05, 4.69) is 43.1 Å². The summed E-state index contributed by atoms with van der Waals surface area (Å²) < 4.78 is 2.80. The van der Waals surface area contributed by atoms with Gasteiger partial charge in [0.15, 0.2) is 5.82 Å². The van der Waals surface area contributed by atoms with Crippen molar-refractivity contribution in [1.29, 1.82) is 0 Å². The highest BCUT2D eigenvalue weighted by Gasteiger charge is 2.14. The SMILES string of the molecule is Cc1c(NN)nc(C(C)C)nc1-n1cc(I)cn1. The molecule has 0 saturated carbocycles. The number of anilines is 1. The van der Waals surface area contributed by atoms with Gasteiger partial charge in [0, 0.05) is 17.7 Å². The molecule has 2 rings (SSSR count). The van der Waals surface area contributed by atoms with E-state index < -0.39 is 0 Å². The van der Waals surface area contributed by atoms with Crippen LogP contribution in [0, 0.1) is 10.5 Å². The zero-order valence-electron chi connectivity index (χ0n) is 10.5. The molecule has 0 atom stereocenters. The number of nitrogens with one attached hydrogen (secondary N) is 1. The molecule has 0 saturated heterocycles. The molecule has 7 heteroatoms. The Morgan fingerprint density at radius 3 is 2.61 bits per heavy atom. The van der Waals surface area contributed by atoms with Crippen LogP contribution in [0.3, 0.4) is 0 Å². The number of halogens is 1. The minimum atomic E-state index is 0.228. The van der Waals surface area contributed by atoms with E-state index in [1.807, 2.05) is 27.0 Å². The number of hydrogen-bond acceptors (Lipinski definition) is 5. The van der Waals surface area contributed by atoms with Crippen LogP contribution in [0.4, 0.5) is 5.82 Å². The average molecular weight is 358 g/mol. The second-order valence-corrected chi connectivity index (χ2v) is 5.53. The average Bonchev–Trinajstić information content (AvgIpc) is 2.75. The Balaban J connectivity index is 2.61. The molecule has 96 valence electrons. The minimum absolute atomic E-state index is 0.228. The van der Waals surface area contributed by atoms with Crippen molar-refractivity contribution in [2.45, 2.75) is 26.7 Å². The Labute approximate surface area is 119 Å². The molecule has 0 fully saturated rings. The first-order valence-corrected chi connectivity index (χ1v) is 6.66. The quantitative estimate of drug-likeness (QED) is 0.498.